The minimum absolute atomic E-state index is 0.360. The summed E-state index contributed by atoms with van der Waals surface area (Å²) in [6.07, 6.45) is 4.40. The number of anilines is 1. The molecule has 1 aromatic carbocycles. The molecule has 1 aliphatic rings. The SMILES string of the molecule is Cn1cnnc1-c1ccc(NCC2CCCO2)cc1. The second-order valence-electron chi connectivity index (χ2n) is 4.86. The topological polar surface area (TPSA) is 52.0 Å². The fraction of sp³-hybridized carbons (Fsp3) is 0.429. The maximum absolute atomic E-state index is 5.59. The molecule has 0 spiro atoms. The minimum Gasteiger partial charge on any atom is -0.382 e. The van der Waals surface area contributed by atoms with Gasteiger partial charge in [-0.25, -0.2) is 0 Å². The van der Waals surface area contributed by atoms with Crippen molar-refractivity contribution in [2.45, 2.75) is 18.9 Å². The highest BCUT2D eigenvalue weighted by molar-refractivity contribution is 5.59. The first-order valence-corrected chi connectivity index (χ1v) is 6.63. The Kier molecular flexibility index (Phi) is 3.46. The Bertz CT molecular complexity index is 529. The summed E-state index contributed by atoms with van der Waals surface area (Å²) in [5.41, 5.74) is 2.18. The third-order valence-electron chi connectivity index (χ3n) is 3.41. The summed E-state index contributed by atoms with van der Waals surface area (Å²) in [6, 6.07) is 8.25. The second kappa shape index (κ2) is 5.40. The predicted octanol–water partition coefficient (Wildman–Crippen LogP) is 2.07. The molecule has 0 bridgehead atoms. The van der Waals surface area contributed by atoms with Crippen LogP contribution >= 0.6 is 0 Å². The predicted molar refractivity (Wildman–Crippen MR) is 73.9 cm³/mol. The highest BCUT2D eigenvalue weighted by Gasteiger charge is 2.14. The van der Waals surface area contributed by atoms with Crippen molar-refractivity contribution in [3.63, 3.8) is 0 Å². The fourth-order valence-electron chi connectivity index (χ4n) is 2.32. The van der Waals surface area contributed by atoms with Crippen LogP contribution in [-0.2, 0) is 11.8 Å². The summed E-state index contributed by atoms with van der Waals surface area (Å²) in [5.74, 6) is 0.880. The molecule has 0 aliphatic carbocycles. The van der Waals surface area contributed by atoms with E-state index in [1.165, 1.54) is 6.42 Å². The van der Waals surface area contributed by atoms with Crippen LogP contribution in [0.25, 0.3) is 11.4 Å². The largest absolute Gasteiger partial charge is 0.382 e. The van der Waals surface area contributed by atoms with Crippen molar-refractivity contribution in [1.82, 2.24) is 14.8 Å². The highest BCUT2D eigenvalue weighted by Crippen LogP contribution is 2.19. The molecular weight excluding hydrogens is 240 g/mol. The molecule has 0 radical (unpaired) electrons. The van der Waals surface area contributed by atoms with E-state index in [2.05, 4.69) is 39.8 Å². The van der Waals surface area contributed by atoms with Gasteiger partial charge in [0.05, 0.1) is 6.10 Å². The Balaban J connectivity index is 1.64. The zero-order valence-corrected chi connectivity index (χ0v) is 11.0. The van der Waals surface area contributed by atoms with Crippen LogP contribution in [0.1, 0.15) is 12.8 Å². The van der Waals surface area contributed by atoms with Crippen LogP contribution < -0.4 is 5.32 Å². The van der Waals surface area contributed by atoms with Crippen molar-refractivity contribution in [2.24, 2.45) is 7.05 Å². The fourth-order valence-corrected chi connectivity index (χ4v) is 2.32. The van der Waals surface area contributed by atoms with Gasteiger partial charge in [0.2, 0.25) is 0 Å². The monoisotopic (exact) mass is 258 g/mol. The average molecular weight is 258 g/mol. The Morgan fingerprint density at radius 1 is 1.37 bits per heavy atom. The Morgan fingerprint density at radius 2 is 2.21 bits per heavy atom. The van der Waals surface area contributed by atoms with Gasteiger partial charge in [0.25, 0.3) is 0 Å². The lowest BCUT2D eigenvalue weighted by Crippen LogP contribution is -2.18. The number of hydrogen-bond donors (Lipinski definition) is 1. The van der Waals surface area contributed by atoms with E-state index in [1.54, 1.807) is 6.33 Å². The van der Waals surface area contributed by atoms with Crippen molar-refractivity contribution in [3.05, 3.63) is 30.6 Å². The van der Waals surface area contributed by atoms with Gasteiger partial charge in [-0.3, -0.25) is 0 Å². The van der Waals surface area contributed by atoms with Crippen molar-refractivity contribution in [2.75, 3.05) is 18.5 Å². The van der Waals surface area contributed by atoms with Crippen LogP contribution in [0.15, 0.2) is 30.6 Å². The highest BCUT2D eigenvalue weighted by atomic mass is 16.5. The van der Waals surface area contributed by atoms with Gasteiger partial charge >= 0.3 is 0 Å². The number of nitrogens with zero attached hydrogens (tertiary/aromatic N) is 3. The first-order valence-electron chi connectivity index (χ1n) is 6.63. The van der Waals surface area contributed by atoms with E-state index in [0.717, 1.165) is 36.6 Å². The quantitative estimate of drug-likeness (QED) is 0.912. The first kappa shape index (κ1) is 12.2. The van der Waals surface area contributed by atoms with Crippen molar-refractivity contribution >= 4 is 5.69 Å². The van der Waals surface area contributed by atoms with Gasteiger partial charge in [0.1, 0.15) is 6.33 Å². The van der Waals surface area contributed by atoms with E-state index in [9.17, 15) is 0 Å². The molecule has 0 saturated carbocycles. The molecule has 1 fully saturated rings. The van der Waals surface area contributed by atoms with E-state index in [1.807, 2.05) is 11.6 Å². The summed E-state index contributed by atoms with van der Waals surface area (Å²) >= 11 is 0. The molecule has 19 heavy (non-hydrogen) atoms. The molecular formula is C14H18N4O. The molecule has 5 nitrogen and oxygen atoms in total. The normalized spacial score (nSPS) is 18.7. The second-order valence-corrected chi connectivity index (χ2v) is 4.86. The smallest absolute Gasteiger partial charge is 0.163 e. The Hall–Kier alpha value is -1.88. The van der Waals surface area contributed by atoms with Crippen LogP contribution in [0.4, 0.5) is 5.69 Å². The van der Waals surface area contributed by atoms with Crippen LogP contribution in [-0.4, -0.2) is 34.0 Å². The van der Waals surface area contributed by atoms with Crippen LogP contribution in [0, 0.1) is 0 Å². The Labute approximate surface area is 112 Å². The average Bonchev–Trinajstić information content (AvgIpc) is 3.08. The van der Waals surface area contributed by atoms with Gasteiger partial charge in [0, 0.05) is 31.5 Å². The lowest BCUT2D eigenvalue weighted by atomic mass is 10.2. The summed E-state index contributed by atoms with van der Waals surface area (Å²) in [7, 11) is 1.94. The molecule has 1 unspecified atom stereocenters. The molecule has 100 valence electrons. The van der Waals surface area contributed by atoms with Gasteiger partial charge in [-0.1, -0.05) is 0 Å². The number of hydrogen-bond acceptors (Lipinski definition) is 4. The zero-order chi connectivity index (χ0) is 13.1. The van der Waals surface area contributed by atoms with Gasteiger partial charge in [-0.2, -0.15) is 0 Å². The molecule has 5 heteroatoms. The lowest BCUT2D eigenvalue weighted by Gasteiger charge is -2.12. The number of aryl methyl sites for hydroxylation is 1. The molecule has 2 heterocycles. The van der Waals surface area contributed by atoms with Crippen LogP contribution in [0.2, 0.25) is 0 Å². The molecule has 1 saturated heterocycles. The van der Waals surface area contributed by atoms with Gasteiger partial charge in [0.15, 0.2) is 5.82 Å². The van der Waals surface area contributed by atoms with E-state index in [4.69, 9.17) is 4.74 Å². The van der Waals surface area contributed by atoms with Gasteiger partial charge < -0.3 is 14.6 Å². The summed E-state index contributed by atoms with van der Waals surface area (Å²) in [6.45, 7) is 1.78. The Morgan fingerprint density at radius 3 is 2.84 bits per heavy atom. The number of ether oxygens (including phenoxy) is 1. The molecule has 1 aliphatic heterocycles. The zero-order valence-electron chi connectivity index (χ0n) is 11.0. The number of benzene rings is 1. The lowest BCUT2D eigenvalue weighted by molar-refractivity contribution is 0.120. The van der Waals surface area contributed by atoms with Crippen LogP contribution in [0.5, 0.6) is 0 Å². The third kappa shape index (κ3) is 2.76. The van der Waals surface area contributed by atoms with Gasteiger partial charge in [-0.05, 0) is 37.1 Å². The standard InChI is InChI=1S/C14H18N4O/c1-18-10-16-17-14(18)11-4-6-12(7-5-11)15-9-13-3-2-8-19-13/h4-7,10,13,15H,2-3,8-9H2,1H3. The van der Waals surface area contributed by atoms with E-state index < -0.39 is 0 Å². The van der Waals surface area contributed by atoms with Crippen molar-refractivity contribution in [1.29, 1.82) is 0 Å². The molecule has 2 aromatic rings. The molecule has 0 amide bonds. The third-order valence-corrected chi connectivity index (χ3v) is 3.41. The molecule has 3 rings (SSSR count). The first-order chi connectivity index (χ1) is 9.33. The summed E-state index contributed by atoms with van der Waals surface area (Å²) in [5, 5.41) is 11.4. The van der Waals surface area contributed by atoms with Crippen molar-refractivity contribution < 1.29 is 4.74 Å². The number of rotatable bonds is 4. The maximum Gasteiger partial charge on any atom is 0.163 e. The van der Waals surface area contributed by atoms with Crippen LogP contribution in [0.3, 0.4) is 0 Å². The van der Waals surface area contributed by atoms with E-state index in [0.29, 0.717) is 6.10 Å². The molecule has 1 atom stereocenters. The minimum atomic E-state index is 0.360. The summed E-state index contributed by atoms with van der Waals surface area (Å²) < 4.78 is 7.50. The number of nitrogens with one attached hydrogen (secondary N) is 1. The maximum atomic E-state index is 5.59. The summed E-state index contributed by atoms with van der Waals surface area (Å²) in [4.78, 5) is 0. The molecule has 1 aromatic heterocycles. The van der Waals surface area contributed by atoms with E-state index in [-0.39, 0.29) is 0 Å². The van der Waals surface area contributed by atoms with E-state index >= 15 is 0 Å². The van der Waals surface area contributed by atoms with Crippen molar-refractivity contribution in [3.8, 4) is 11.4 Å². The number of aromatic nitrogens is 3. The van der Waals surface area contributed by atoms with Gasteiger partial charge in [-0.15, -0.1) is 10.2 Å². The molecule has 1 N–H and O–H groups in total.